The normalized spacial score (nSPS) is 11.8. The summed E-state index contributed by atoms with van der Waals surface area (Å²) in [6.07, 6.45) is 3.53. The van der Waals surface area contributed by atoms with E-state index in [1.54, 1.807) is 7.11 Å². The number of unbranched alkanes of at least 4 members (excludes halogenated alkanes) is 2. The second kappa shape index (κ2) is 17.4. The van der Waals surface area contributed by atoms with Gasteiger partial charge in [-0.25, -0.2) is 4.79 Å². The Morgan fingerprint density at radius 2 is 1.72 bits per heavy atom. The van der Waals surface area contributed by atoms with Crippen molar-refractivity contribution >= 4 is 12.0 Å². The molecule has 8 heteroatoms. The lowest BCUT2D eigenvalue weighted by molar-refractivity contribution is -0.122. The number of rotatable bonds is 16. The van der Waals surface area contributed by atoms with E-state index in [0.29, 0.717) is 39.2 Å². The summed E-state index contributed by atoms with van der Waals surface area (Å²) in [6.45, 7) is 4.67. The molecular weight excluding hydrogens is 328 g/mol. The largest absolute Gasteiger partial charge is 0.447 e. The van der Waals surface area contributed by atoms with Gasteiger partial charge in [0.05, 0.1) is 13.2 Å². The molecule has 0 aromatic carbocycles. The molecule has 0 aliphatic heterocycles. The first-order valence-corrected chi connectivity index (χ1v) is 8.90. The summed E-state index contributed by atoms with van der Waals surface area (Å²) in [5.41, 5.74) is 0. The summed E-state index contributed by atoms with van der Waals surface area (Å²) >= 11 is 0. The minimum atomic E-state index is -0.496. The van der Waals surface area contributed by atoms with Crippen molar-refractivity contribution in [2.75, 3.05) is 53.7 Å². The van der Waals surface area contributed by atoms with Gasteiger partial charge in [-0.3, -0.25) is 4.79 Å². The molecule has 0 aliphatic rings. The molecule has 0 saturated carbocycles. The van der Waals surface area contributed by atoms with Crippen LogP contribution in [0.5, 0.6) is 0 Å². The van der Waals surface area contributed by atoms with Crippen LogP contribution < -0.4 is 10.6 Å². The summed E-state index contributed by atoms with van der Waals surface area (Å²) in [7, 11) is 3.09. The number of carbonyl (C=O) groups excluding carboxylic acids is 2. The number of nitrogens with one attached hydrogen (secondary N) is 2. The van der Waals surface area contributed by atoms with Crippen LogP contribution in [0.3, 0.4) is 0 Å². The molecule has 0 rings (SSSR count). The number of hydrogen-bond donors (Lipinski definition) is 2. The zero-order valence-corrected chi connectivity index (χ0v) is 15.8. The van der Waals surface area contributed by atoms with Gasteiger partial charge >= 0.3 is 6.09 Å². The molecule has 0 spiro atoms. The average Bonchev–Trinajstić information content (AvgIpc) is 2.61. The minimum Gasteiger partial charge on any atom is -0.447 e. The Hall–Kier alpha value is -1.38. The van der Waals surface area contributed by atoms with Crippen LogP contribution in [0.1, 0.15) is 39.0 Å². The van der Waals surface area contributed by atoms with Crippen molar-refractivity contribution in [3.8, 4) is 0 Å². The van der Waals surface area contributed by atoms with Gasteiger partial charge in [-0.1, -0.05) is 19.8 Å². The number of carbonyl (C=O) groups is 2. The maximum atomic E-state index is 11.5. The SMILES string of the molecule is CCCCCNC(=O)CCOCCCNC(=O)OCC(COC)OC. The molecule has 0 aliphatic carbocycles. The van der Waals surface area contributed by atoms with Crippen molar-refractivity contribution in [2.24, 2.45) is 0 Å². The van der Waals surface area contributed by atoms with Crippen LogP contribution in [0.25, 0.3) is 0 Å². The standard InChI is InChI=1S/C17H34N2O6/c1-4-5-6-9-18-16(20)8-12-24-11-7-10-19-17(21)25-14-15(23-3)13-22-2/h15H,4-14H2,1-3H3,(H,18,20)(H,19,21). The molecule has 0 fully saturated rings. The van der Waals surface area contributed by atoms with Crippen LogP contribution in [0.15, 0.2) is 0 Å². The Kier molecular flexibility index (Phi) is 16.5. The molecule has 0 aromatic rings. The highest BCUT2D eigenvalue weighted by atomic mass is 16.6. The van der Waals surface area contributed by atoms with Crippen molar-refractivity contribution in [2.45, 2.75) is 45.1 Å². The van der Waals surface area contributed by atoms with Crippen LogP contribution in [-0.2, 0) is 23.7 Å². The van der Waals surface area contributed by atoms with Gasteiger partial charge in [-0.2, -0.15) is 0 Å². The predicted molar refractivity (Wildman–Crippen MR) is 94.6 cm³/mol. The molecule has 0 aromatic heterocycles. The molecule has 0 bridgehead atoms. The number of ether oxygens (including phenoxy) is 4. The summed E-state index contributed by atoms with van der Waals surface area (Å²) in [5.74, 6) is 0.0153. The fraction of sp³-hybridized carbons (Fsp3) is 0.882. The van der Waals surface area contributed by atoms with E-state index >= 15 is 0 Å². The molecule has 1 unspecified atom stereocenters. The quantitative estimate of drug-likeness (QED) is 0.404. The zero-order chi connectivity index (χ0) is 18.8. The highest BCUT2D eigenvalue weighted by Gasteiger charge is 2.10. The number of methoxy groups -OCH3 is 2. The maximum absolute atomic E-state index is 11.5. The van der Waals surface area contributed by atoms with Gasteiger partial charge in [0.2, 0.25) is 5.91 Å². The van der Waals surface area contributed by atoms with Gasteiger partial charge in [0.1, 0.15) is 12.7 Å². The number of alkyl carbamates (subject to hydrolysis) is 1. The second-order valence-electron chi connectivity index (χ2n) is 5.61. The van der Waals surface area contributed by atoms with Crippen molar-refractivity contribution in [1.82, 2.24) is 10.6 Å². The van der Waals surface area contributed by atoms with Crippen LogP contribution in [0.4, 0.5) is 4.79 Å². The average molecular weight is 362 g/mol. The molecule has 0 radical (unpaired) electrons. The van der Waals surface area contributed by atoms with Crippen molar-refractivity contribution < 1.29 is 28.5 Å². The van der Waals surface area contributed by atoms with Crippen molar-refractivity contribution in [3.05, 3.63) is 0 Å². The monoisotopic (exact) mass is 362 g/mol. The first-order chi connectivity index (χ1) is 12.1. The van der Waals surface area contributed by atoms with E-state index in [9.17, 15) is 9.59 Å². The first kappa shape index (κ1) is 23.6. The van der Waals surface area contributed by atoms with Crippen LogP contribution >= 0.6 is 0 Å². The lowest BCUT2D eigenvalue weighted by Crippen LogP contribution is -2.31. The maximum Gasteiger partial charge on any atom is 0.407 e. The van der Waals surface area contributed by atoms with E-state index in [0.717, 1.165) is 25.8 Å². The van der Waals surface area contributed by atoms with Crippen LogP contribution in [-0.4, -0.2) is 71.8 Å². The highest BCUT2D eigenvalue weighted by Crippen LogP contribution is 1.94. The van der Waals surface area contributed by atoms with E-state index in [2.05, 4.69) is 17.6 Å². The number of hydrogen-bond acceptors (Lipinski definition) is 6. The summed E-state index contributed by atoms with van der Waals surface area (Å²) < 4.78 is 20.4. The molecule has 2 amide bonds. The van der Waals surface area contributed by atoms with E-state index in [1.807, 2.05) is 0 Å². The molecular formula is C17H34N2O6. The predicted octanol–water partition coefficient (Wildman–Crippen LogP) is 1.48. The molecule has 8 nitrogen and oxygen atoms in total. The topological polar surface area (TPSA) is 95.1 Å². The lowest BCUT2D eigenvalue weighted by atomic mass is 10.2. The molecule has 0 saturated heterocycles. The van der Waals surface area contributed by atoms with Gasteiger partial charge in [0, 0.05) is 40.3 Å². The van der Waals surface area contributed by atoms with Crippen molar-refractivity contribution in [3.63, 3.8) is 0 Å². The fourth-order valence-corrected chi connectivity index (χ4v) is 1.91. The Balaban J connectivity index is 3.42. The highest BCUT2D eigenvalue weighted by molar-refractivity contribution is 5.75. The number of amides is 2. The summed E-state index contributed by atoms with van der Waals surface area (Å²) in [5, 5.41) is 5.49. The van der Waals surface area contributed by atoms with E-state index in [1.165, 1.54) is 7.11 Å². The first-order valence-electron chi connectivity index (χ1n) is 8.90. The Morgan fingerprint density at radius 3 is 2.40 bits per heavy atom. The van der Waals surface area contributed by atoms with Crippen LogP contribution in [0, 0.1) is 0 Å². The smallest absolute Gasteiger partial charge is 0.407 e. The Morgan fingerprint density at radius 1 is 0.960 bits per heavy atom. The molecule has 25 heavy (non-hydrogen) atoms. The second-order valence-corrected chi connectivity index (χ2v) is 5.61. The minimum absolute atomic E-state index is 0.0153. The van der Waals surface area contributed by atoms with E-state index in [-0.39, 0.29) is 18.6 Å². The third kappa shape index (κ3) is 15.9. The third-order valence-electron chi connectivity index (χ3n) is 3.40. The molecule has 2 N–H and O–H groups in total. The van der Waals surface area contributed by atoms with Gasteiger partial charge in [-0.05, 0) is 12.8 Å². The lowest BCUT2D eigenvalue weighted by Gasteiger charge is -2.14. The third-order valence-corrected chi connectivity index (χ3v) is 3.40. The molecule has 0 heterocycles. The van der Waals surface area contributed by atoms with Crippen molar-refractivity contribution in [1.29, 1.82) is 0 Å². The van der Waals surface area contributed by atoms with Gasteiger partial charge < -0.3 is 29.6 Å². The van der Waals surface area contributed by atoms with E-state index in [4.69, 9.17) is 18.9 Å². The van der Waals surface area contributed by atoms with Crippen LogP contribution in [0.2, 0.25) is 0 Å². The Bertz CT molecular complexity index is 341. The fourth-order valence-electron chi connectivity index (χ4n) is 1.91. The molecule has 1 atom stereocenters. The molecule has 148 valence electrons. The summed E-state index contributed by atoms with van der Waals surface area (Å²) in [6, 6.07) is 0. The van der Waals surface area contributed by atoms with Gasteiger partial charge in [0.15, 0.2) is 0 Å². The van der Waals surface area contributed by atoms with E-state index < -0.39 is 6.09 Å². The van der Waals surface area contributed by atoms with Gasteiger partial charge in [-0.15, -0.1) is 0 Å². The Labute approximate surface area is 150 Å². The van der Waals surface area contributed by atoms with Gasteiger partial charge in [0.25, 0.3) is 0 Å². The summed E-state index contributed by atoms with van der Waals surface area (Å²) in [4.78, 5) is 23.0. The zero-order valence-electron chi connectivity index (χ0n) is 15.8.